The van der Waals surface area contributed by atoms with E-state index in [0.717, 1.165) is 48.7 Å². The molecule has 3 heterocycles. The van der Waals surface area contributed by atoms with Crippen molar-refractivity contribution >= 4 is 11.6 Å². The van der Waals surface area contributed by atoms with E-state index in [1.54, 1.807) is 6.20 Å². The van der Waals surface area contributed by atoms with Crippen LogP contribution in [-0.2, 0) is 19.5 Å². The number of hydrogen-bond acceptors (Lipinski definition) is 4. The van der Waals surface area contributed by atoms with Gasteiger partial charge in [-0.1, -0.05) is 41.9 Å². The number of pyridine rings is 1. The van der Waals surface area contributed by atoms with Gasteiger partial charge in [-0.25, -0.2) is 9.97 Å². The van der Waals surface area contributed by atoms with E-state index in [0.29, 0.717) is 5.02 Å². The molecule has 1 aliphatic heterocycles. The van der Waals surface area contributed by atoms with Crippen LogP contribution in [0.4, 0.5) is 0 Å². The van der Waals surface area contributed by atoms with E-state index in [1.807, 2.05) is 48.8 Å². The normalized spacial score (nSPS) is 14.4. The van der Waals surface area contributed by atoms with Crippen LogP contribution in [0.25, 0.3) is 11.4 Å². The van der Waals surface area contributed by atoms with Crippen molar-refractivity contribution in [2.45, 2.75) is 19.5 Å². The van der Waals surface area contributed by atoms with Gasteiger partial charge in [0, 0.05) is 55.8 Å². The highest BCUT2D eigenvalue weighted by molar-refractivity contribution is 6.30. The van der Waals surface area contributed by atoms with Gasteiger partial charge in [0.15, 0.2) is 5.82 Å². The van der Waals surface area contributed by atoms with Crippen LogP contribution >= 0.6 is 11.6 Å². The zero-order chi connectivity index (χ0) is 16.4. The zero-order valence-corrected chi connectivity index (χ0v) is 13.9. The molecule has 1 aromatic carbocycles. The minimum atomic E-state index is 0.681. The monoisotopic (exact) mass is 336 g/mol. The van der Waals surface area contributed by atoms with Crippen LogP contribution in [0, 0.1) is 0 Å². The Hall–Kier alpha value is -2.30. The Morgan fingerprint density at radius 2 is 1.96 bits per heavy atom. The van der Waals surface area contributed by atoms with Crippen LogP contribution in [0.2, 0.25) is 5.02 Å². The summed E-state index contributed by atoms with van der Waals surface area (Å²) < 4.78 is 0. The van der Waals surface area contributed by atoms with Crippen LogP contribution in [0.1, 0.15) is 16.8 Å². The van der Waals surface area contributed by atoms with Crippen molar-refractivity contribution in [3.63, 3.8) is 0 Å². The minimum Gasteiger partial charge on any atom is -0.294 e. The van der Waals surface area contributed by atoms with E-state index >= 15 is 0 Å². The predicted molar refractivity (Wildman–Crippen MR) is 94.5 cm³/mol. The fourth-order valence-corrected chi connectivity index (χ4v) is 3.23. The smallest absolute Gasteiger partial charge is 0.159 e. The Morgan fingerprint density at radius 3 is 2.79 bits per heavy atom. The van der Waals surface area contributed by atoms with Crippen molar-refractivity contribution in [3.8, 4) is 11.4 Å². The molecular weight excluding hydrogens is 320 g/mol. The summed E-state index contributed by atoms with van der Waals surface area (Å²) in [5.74, 6) is 0.807. The number of aromatic nitrogens is 3. The molecule has 0 saturated carbocycles. The summed E-state index contributed by atoms with van der Waals surface area (Å²) in [6.07, 6.45) is 6.44. The van der Waals surface area contributed by atoms with Crippen LogP contribution in [-0.4, -0.2) is 26.4 Å². The van der Waals surface area contributed by atoms with E-state index < -0.39 is 0 Å². The first-order chi connectivity index (χ1) is 11.8. The lowest BCUT2D eigenvalue weighted by Crippen LogP contribution is -2.31. The van der Waals surface area contributed by atoms with Crippen LogP contribution in [0.3, 0.4) is 0 Å². The maximum Gasteiger partial charge on any atom is 0.159 e. The highest BCUT2D eigenvalue weighted by Gasteiger charge is 2.19. The molecule has 4 nitrogen and oxygen atoms in total. The van der Waals surface area contributed by atoms with Crippen LogP contribution < -0.4 is 0 Å². The van der Waals surface area contributed by atoms with E-state index in [4.69, 9.17) is 16.6 Å². The van der Waals surface area contributed by atoms with Gasteiger partial charge in [0.2, 0.25) is 0 Å². The third kappa shape index (κ3) is 3.30. The molecule has 0 amide bonds. The topological polar surface area (TPSA) is 41.9 Å². The number of hydrogen-bond donors (Lipinski definition) is 0. The lowest BCUT2D eigenvalue weighted by molar-refractivity contribution is 0.242. The summed E-state index contributed by atoms with van der Waals surface area (Å²) in [6.45, 7) is 2.68. The van der Waals surface area contributed by atoms with Gasteiger partial charge >= 0.3 is 0 Å². The SMILES string of the molecule is Clc1cncc(CN2CCc3nc(-c4ccccc4)ncc3C2)c1. The summed E-state index contributed by atoms with van der Waals surface area (Å²) in [4.78, 5) is 15.8. The van der Waals surface area contributed by atoms with Crippen molar-refractivity contribution in [2.24, 2.45) is 0 Å². The molecule has 24 heavy (non-hydrogen) atoms. The van der Waals surface area contributed by atoms with Crippen molar-refractivity contribution in [2.75, 3.05) is 6.54 Å². The van der Waals surface area contributed by atoms with Gasteiger partial charge in [-0.2, -0.15) is 0 Å². The fourth-order valence-electron chi connectivity index (χ4n) is 3.04. The first-order valence-corrected chi connectivity index (χ1v) is 8.38. The largest absolute Gasteiger partial charge is 0.294 e. The van der Waals surface area contributed by atoms with Crippen molar-refractivity contribution in [1.29, 1.82) is 0 Å². The Kier molecular flexibility index (Phi) is 4.24. The first kappa shape index (κ1) is 15.2. The van der Waals surface area contributed by atoms with E-state index in [9.17, 15) is 0 Å². The van der Waals surface area contributed by atoms with Gasteiger partial charge in [-0.3, -0.25) is 9.88 Å². The molecule has 0 fully saturated rings. The maximum atomic E-state index is 6.02. The Morgan fingerprint density at radius 1 is 1.08 bits per heavy atom. The molecule has 0 bridgehead atoms. The number of rotatable bonds is 3. The van der Waals surface area contributed by atoms with Gasteiger partial charge in [0.05, 0.1) is 10.7 Å². The molecule has 3 aromatic rings. The van der Waals surface area contributed by atoms with E-state index in [-0.39, 0.29) is 0 Å². The Labute approximate surface area is 146 Å². The second-order valence-corrected chi connectivity index (χ2v) is 6.44. The second-order valence-electron chi connectivity index (χ2n) is 6.00. The lowest BCUT2D eigenvalue weighted by atomic mass is 10.1. The summed E-state index contributed by atoms with van der Waals surface area (Å²) in [5.41, 5.74) is 4.56. The quantitative estimate of drug-likeness (QED) is 0.730. The van der Waals surface area contributed by atoms with Gasteiger partial charge in [0.25, 0.3) is 0 Å². The molecule has 0 unspecified atom stereocenters. The van der Waals surface area contributed by atoms with E-state index in [2.05, 4.69) is 14.9 Å². The first-order valence-electron chi connectivity index (χ1n) is 8.00. The van der Waals surface area contributed by atoms with Crippen molar-refractivity contribution in [3.05, 3.63) is 76.8 Å². The van der Waals surface area contributed by atoms with Crippen molar-refractivity contribution in [1.82, 2.24) is 19.9 Å². The van der Waals surface area contributed by atoms with Crippen LogP contribution in [0.5, 0.6) is 0 Å². The third-order valence-corrected chi connectivity index (χ3v) is 4.42. The van der Waals surface area contributed by atoms with E-state index in [1.165, 1.54) is 5.56 Å². The average Bonchev–Trinajstić information content (AvgIpc) is 2.62. The fraction of sp³-hybridized carbons (Fsp3) is 0.211. The molecule has 4 rings (SSSR count). The maximum absolute atomic E-state index is 6.02. The summed E-state index contributed by atoms with van der Waals surface area (Å²) in [6, 6.07) is 12.1. The molecule has 2 aromatic heterocycles. The molecule has 0 aliphatic carbocycles. The number of nitrogens with zero attached hydrogens (tertiary/aromatic N) is 4. The molecular formula is C19H17ClN4. The Bertz CT molecular complexity index is 851. The second kappa shape index (κ2) is 6.67. The summed E-state index contributed by atoms with van der Waals surface area (Å²) >= 11 is 6.02. The minimum absolute atomic E-state index is 0.681. The molecule has 0 atom stereocenters. The summed E-state index contributed by atoms with van der Waals surface area (Å²) in [5, 5.41) is 0.681. The molecule has 0 N–H and O–H groups in total. The lowest BCUT2D eigenvalue weighted by Gasteiger charge is -2.28. The van der Waals surface area contributed by atoms with Gasteiger partial charge in [-0.05, 0) is 11.6 Å². The molecule has 0 radical (unpaired) electrons. The summed E-state index contributed by atoms with van der Waals surface area (Å²) in [7, 11) is 0. The van der Waals surface area contributed by atoms with Crippen molar-refractivity contribution < 1.29 is 0 Å². The standard InChI is InChI=1S/C19H17ClN4/c20-17-8-14(9-21-11-17)12-24-7-6-18-16(13-24)10-22-19(23-18)15-4-2-1-3-5-15/h1-5,8-11H,6-7,12-13H2. The highest BCUT2D eigenvalue weighted by Crippen LogP contribution is 2.22. The molecule has 5 heteroatoms. The predicted octanol–water partition coefficient (Wildman–Crippen LogP) is 3.75. The van der Waals surface area contributed by atoms with Gasteiger partial charge in [0.1, 0.15) is 0 Å². The van der Waals surface area contributed by atoms with Crippen LogP contribution in [0.15, 0.2) is 55.0 Å². The Balaban J connectivity index is 1.52. The molecule has 0 saturated heterocycles. The molecule has 120 valence electrons. The molecule has 0 spiro atoms. The van der Waals surface area contributed by atoms with Gasteiger partial charge < -0.3 is 0 Å². The molecule has 1 aliphatic rings. The average molecular weight is 337 g/mol. The third-order valence-electron chi connectivity index (χ3n) is 4.21. The number of benzene rings is 1. The van der Waals surface area contributed by atoms with Gasteiger partial charge in [-0.15, -0.1) is 0 Å². The number of fused-ring (bicyclic) bond motifs is 1. The zero-order valence-electron chi connectivity index (χ0n) is 13.2. The number of halogens is 1. The highest BCUT2D eigenvalue weighted by atomic mass is 35.5.